The van der Waals surface area contributed by atoms with Crippen LogP contribution in [0, 0.1) is 40.9 Å². The first-order valence-electron chi connectivity index (χ1n) is 5.60. The second-order valence-corrected chi connectivity index (χ2v) is 5.81. The Morgan fingerprint density at radius 1 is 0.917 bits per heavy atom. The van der Waals surface area contributed by atoms with Crippen molar-refractivity contribution in [1.82, 2.24) is 0 Å². The Bertz CT molecular complexity index is 230. The second-order valence-electron chi connectivity index (χ2n) is 5.81. The van der Waals surface area contributed by atoms with Crippen LogP contribution in [-0.2, 0) is 0 Å². The summed E-state index contributed by atoms with van der Waals surface area (Å²) >= 11 is 0. The van der Waals surface area contributed by atoms with E-state index in [1.165, 1.54) is 0 Å². The standard InChI is InChI=1S/C12H20/c1-6-7(2)11-8(3)9(4)12(11)5-10(6)12/h6-11H,5H2,1-4H3. The smallest absolute Gasteiger partial charge is 0.0202 e. The third kappa shape index (κ3) is 0.482. The minimum absolute atomic E-state index is 0.873. The minimum atomic E-state index is 0.873. The van der Waals surface area contributed by atoms with Crippen molar-refractivity contribution in [2.75, 3.05) is 0 Å². The maximum absolute atomic E-state index is 2.49. The lowest BCUT2D eigenvalue weighted by molar-refractivity contribution is -0.0362. The molecule has 7 atom stereocenters. The van der Waals surface area contributed by atoms with Gasteiger partial charge in [-0.15, -0.1) is 0 Å². The molecular weight excluding hydrogens is 144 g/mol. The normalized spacial score (nSPS) is 73.0. The van der Waals surface area contributed by atoms with Gasteiger partial charge in [0.2, 0.25) is 0 Å². The van der Waals surface area contributed by atoms with Crippen molar-refractivity contribution in [2.24, 2.45) is 40.9 Å². The van der Waals surface area contributed by atoms with Crippen LogP contribution in [0.2, 0.25) is 0 Å². The topological polar surface area (TPSA) is 0 Å². The van der Waals surface area contributed by atoms with E-state index >= 15 is 0 Å². The molecule has 0 heterocycles. The quantitative estimate of drug-likeness (QED) is 0.516. The van der Waals surface area contributed by atoms with E-state index in [2.05, 4.69) is 27.7 Å². The van der Waals surface area contributed by atoms with Crippen molar-refractivity contribution in [3.8, 4) is 0 Å². The summed E-state index contributed by atoms with van der Waals surface area (Å²) < 4.78 is 0. The lowest BCUT2D eigenvalue weighted by atomic mass is 9.54. The van der Waals surface area contributed by atoms with Crippen molar-refractivity contribution >= 4 is 0 Å². The average Bonchev–Trinajstić information content (AvgIpc) is 2.76. The van der Waals surface area contributed by atoms with Crippen LogP contribution in [-0.4, -0.2) is 0 Å². The fraction of sp³-hybridized carbons (Fsp3) is 1.00. The van der Waals surface area contributed by atoms with E-state index < -0.39 is 0 Å². The summed E-state index contributed by atoms with van der Waals surface area (Å²) in [5.74, 6) is 6.35. The van der Waals surface area contributed by atoms with Gasteiger partial charge in [-0.1, -0.05) is 27.7 Å². The lowest BCUT2D eigenvalue weighted by Gasteiger charge is -2.51. The van der Waals surface area contributed by atoms with E-state index in [4.69, 9.17) is 0 Å². The van der Waals surface area contributed by atoms with Crippen LogP contribution in [0.5, 0.6) is 0 Å². The summed E-state index contributed by atoms with van der Waals surface area (Å²) in [6, 6.07) is 0. The molecule has 0 saturated heterocycles. The highest BCUT2D eigenvalue weighted by Gasteiger charge is 2.77. The first-order valence-corrected chi connectivity index (χ1v) is 5.60. The van der Waals surface area contributed by atoms with Crippen LogP contribution < -0.4 is 0 Å². The third-order valence-electron chi connectivity index (χ3n) is 5.96. The molecule has 0 amide bonds. The molecule has 3 saturated carbocycles. The van der Waals surface area contributed by atoms with Crippen LogP contribution >= 0.6 is 0 Å². The van der Waals surface area contributed by atoms with Gasteiger partial charge in [0, 0.05) is 0 Å². The molecule has 1 spiro atoms. The molecule has 12 heavy (non-hydrogen) atoms. The molecule has 0 N–H and O–H groups in total. The van der Waals surface area contributed by atoms with Gasteiger partial charge in [0.05, 0.1) is 0 Å². The van der Waals surface area contributed by atoms with E-state index in [-0.39, 0.29) is 0 Å². The summed E-state index contributed by atoms with van der Waals surface area (Å²) in [5, 5.41) is 0. The largest absolute Gasteiger partial charge is 0.0620 e. The van der Waals surface area contributed by atoms with Crippen LogP contribution in [0.3, 0.4) is 0 Å². The van der Waals surface area contributed by atoms with Gasteiger partial charge in [-0.05, 0) is 47.3 Å². The van der Waals surface area contributed by atoms with Crippen molar-refractivity contribution in [3.63, 3.8) is 0 Å². The van der Waals surface area contributed by atoms with Crippen molar-refractivity contribution in [3.05, 3.63) is 0 Å². The molecule has 0 heteroatoms. The van der Waals surface area contributed by atoms with Gasteiger partial charge >= 0.3 is 0 Å². The fourth-order valence-corrected chi connectivity index (χ4v) is 5.04. The Morgan fingerprint density at radius 3 is 2.17 bits per heavy atom. The van der Waals surface area contributed by atoms with Crippen molar-refractivity contribution in [2.45, 2.75) is 34.1 Å². The summed E-state index contributed by atoms with van der Waals surface area (Å²) in [6.07, 6.45) is 1.58. The summed E-state index contributed by atoms with van der Waals surface area (Å²) in [5.41, 5.74) is 0.873. The Hall–Kier alpha value is 0. The highest BCUT2D eigenvalue weighted by atomic mass is 14.8. The number of hydrogen-bond donors (Lipinski definition) is 0. The Balaban J connectivity index is 1.97. The maximum atomic E-state index is 2.49. The summed E-state index contributed by atoms with van der Waals surface area (Å²) in [4.78, 5) is 0. The molecule has 0 aliphatic heterocycles. The molecule has 3 rings (SSSR count). The molecule has 68 valence electrons. The summed E-state index contributed by atoms with van der Waals surface area (Å²) in [7, 11) is 0. The van der Waals surface area contributed by atoms with Crippen LogP contribution in [0.15, 0.2) is 0 Å². The van der Waals surface area contributed by atoms with Gasteiger partial charge in [-0.25, -0.2) is 0 Å². The molecule has 0 radical (unpaired) electrons. The number of hydrogen-bond acceptors (Lipinski definition) is 0. The van der Waals surface area contributed by atoms with E-state index in [0.717, 1.165) is 40.9 Å². The van der Waals surface area contributed by atoms with Gasteiger partial charge in [-0.3, -0.25) is 0 Å². The Morgan fingerprint density at radius 2 is 1.58 bits per heavy atom. The second kappa shape index (κ2) is 1.76. The predicted molar refractivity (Wildman–Crippen MR) is 50.7 cm³/mol. The Kier molecular flexibility index (Phi) is 1.09. The van der Waals surface area contributed by atoms with Crippen molar-refractivity contribution < 1.29 is 0 Å². The third-order valence-corrected chi connectivity index (χ3v) is 5.96. The highest BCUT2D eigenvalue weighted by molar-refractivity contribution is 5.25. The zero-order valence-electron chi connectivity index (χ0n) is 8.67. The first-order chi connectivity index (χ1) is 5.60. The zero-order valence-corrected chi connectivity index (χ0v) is 8.67. The molecule has 7 unspecified atom stereocenters. The van der Waals surface area contributed by atoms with Gasteiger partial charge in [-0.2, -0.15) is 0 Å². The van der Waals surface area contributed by atoms with Gasteiger partial charge in [0.25, 0.3) is 0 Å². The molecule has 0 aromatic heterocycles. The number of rotatable bonds is 0. The minimum Gasteiger partial charge on any atom is -0.0620 e. The van der Waals surface area contributed by atoms with Crippen LogP contribution in [0.4, 0.5) is 0 Å². The summed E-state index contributed by atoms with van der Waals surface area (Å²) in [6.45, 7) is 9.95. The van der Waals surface area contributed by atoms with E-state index in [9.17, 15) is 0 Å². The fourth-order valence-electron chi connectivity index (χ4n) is 5.04. The molecule has 0 aromatic rings. The SMILES string of the molecule is CC1C(C)C2C(C)C(C)C23CC13. The van der Waals surface area contributed by atoms with Crippen molar-refractivity contribution in [1.29, 1.82) is 0 Å². The maximum Gasteiger partial charge on any atom is -0.0202 e. The highest BCUT2D eigenvalue weighted by Crippen LogP contribution is 2.83. The molecule has 0 bridgehead atoms. The first kappa shape index (κ1) is 7.41. The van der Waals surface area contributed by atoms with Crippen LogP contribution in [0.25, 0.3) is 0 Å². The monoisotopic (exact) mass is 164 g/mol. The zero-order chi connectivity index (χ0) is 8.67. The van der Waals surface area contributed by atoms with Gasteiger partial charge in [0.1, 0.15) is 0 Å². The van der Waals surface area contributed by atoms with Crippen LogP contribution in [0.1, 0.15) is 34.1 Å². The van der Waals surface area contributed by atoms with E-state index in [1.54, 1.807) is 6.42 Å². The molecule has 0 nitrogen and oxygen atoms in total. The van der Waals surface area contributed by atoms with E-state index in [0.29, 0.717) is 0 Å². The van der Waals surface area contributed by atoms with E-state index in [1.807, 2.05) is 0 Å². The Labute approximate surface area is 75.7 Å². The molecule has 3 fully saturated rings. The van der Waals surface area contributed by atoms with Gasteiger partial charge in [0.15, 0.2) is 0 Å². The molecule has 0 aromatic carbocycles. The molecule has 3 aliphatic rings. The lowest BCUT2D eigenvalue weighted by Crippen LogP contribution is -2.46. The average molecular weight is 164 g/mol. The van der Waals surface area contributed by atoms with Gasteiger partial charge < -0.3 is 0 Å². The predicted octanol–water partition coefficient (Wildman–Crippen LogP) is 3.18. The molecular formula is C12H20. The molecule has 3 aliphatic carbocycles.